The van der Waals surface area contributed by atoms with Gasteiger partial charge in [0.15, 0.2) is 0 Å². The Morgan fingerprint density at radius 3 is 2.39 bits per heavy atom. The zero-order valence-corrected chi connectivity index (χ0v) is 12.9. The standard InChI is InChI=1S/C19H16N4/c1-3-22-14-23(2)13-19-10-17(8-9-18(19)12-21)16-6-4-15(11-20)5-7-16/h3-10,14H,1,13H2,2H3/b22-14-. The molecule has 0 spiro atoms. The first-order valence-electron chi connectivity index (χ1n) is 7.06. The van der Waals surface area contributed by atoms with Crippen LogP contribution in [0.25, 0.3) is 11.1 Å². The molecule has 0 aliphatic rings. The van der Waals surface area contributed by atoms with Gasteiger partial charge in [-0.25, -0.2) is 4.99 Å². The maximum Gasteiger partial charge on any atom is 0.0995 e. The Labute approximate surface area is 136 Å². The minimum Gasteiger partial charge on any atom is -0.361 e. The van der Waals surface area contributed by atoms with Crippen LogP contribution < -0.4 is 0 Å². The van der Waals surface area contributed by atoms with Gasteiger partial charge in [-0.2, -0.15) is 10.5 Å². The van der Waals surface area contributed by atoms with Gasteiger partial charge in [0.25, 0.3) is 0 Å². The molecule has 4 heteroatoms. The molecule has 2 aromatic rings. The molecule has 23 heavy (non-hydrogen) atoms. The highest BCUT2D eigenvalue weighted by atomic mass is 15.1. The van der Waals surface area contributed by atoms with E-state index >= 15 is 0 Å². The van der Waals surface area contributed by atoms with Crippen molar-refractivity contribution < 1.29 is 0 Å². The van der Waals surface area contributed by atoms with Crippen molar-refractivity contribution in [2.45, 2.75) is 6.54 Å². The lowest BCUT2D eigenvalue weighted by atomic mass is 9.98. The molecule has 2 aromatic carbocycles. The number of nitrogens with zero attached hydrogens (tertiary/aromatic N) is 4. The van der Waals surface area contributed by atoms with Gasteiger partial charge in [-0.1, -0.05) is 24.8 Å². The SMILES string of the molecule is C=C/N=C\N(C)Cc1cc(-c2ccc(C#N)cc2)ccc1C#N. The van der Waals surface area contributed by atoms with Gasteiger partial charge in [0.05, 0.1) is 29.6 Å². The monoisotopic (exact) mass is 300 g/mol. The molecular formula is C19H16N4. The van der Waals surface area contributed by atoms with Crippen LogP contribution >= 0.6 is 0 Å². The van der Waals surface area contributed by atoms with Crippen molar-refractivity contribution >= 4 is 6.34 Å². The summed E-state index contributed by atoms with van der Waals surface area (Å²) in [7, 11) is 1.89. The zero-order chi connectivity index (χ0) is 16.7. The summed E-state index contributed by atoms with van der Waals surface area (Å²) < 4.78 is 0. The molecule has 0 fully saturated rings. The highest BCUT2D eigenvalue weighted by molar-refractivity contribution is 5.67. The summed E-state index contributed by atoms with van der Waals surface area (Å²) in [6, 6.07) is 17.5. The lowest BCUT2D eigenvalue weighted by Crippen LogP contribution is -2.16. The van der Waals surface area contributed by atoms with Gasteiger partial charge < -0.3 is 4.90 Å². The normalized spacial score (nSPS) is 10.0. The van der Waals surface area contributed by atoms with Gasteiger partial charge in [0, 0.05) is 19.8 Å². The smallest absolute Gasteiger partial charge is 0.0995 e. The number of benzene rings is 2. The van der Waals surface area contributed by atoms with Gasteiger partial charge in [-0.3, -0.25) is 0 Å². The minimum absolute atomic E-state index is 0.574. The van der Waals surface area contributed by atoms with E-state index < -0.39 is 0 Å². The molecule has 0 atom stereocenters. The molecule has 4 nitrogen and oxygen atoms in total. The summed E-state index contributed by atoms with van der Waals surface area (Å²) in [5, 5.41) is 18.2. The Morgan fingerprint density at radius 2 is 1.78 bits per heavy atom. The fourth-order valence-corrected chi connectivity index (χ4v) is 2.22. The Bertz CT molecular complexity index is 805. The first kappa shape index (κ1) is 16.0. The Balaban J connectivity index is 2.34. The molecule has 0 amide bonds. The van der Waals surface area contributed by atoms with E-state index in [1.54, 1.807) is 18.5 Å². The van der Waals surface area contributed by atoms with Crippen molar-refractivity contribution in [3.63, 3.8) is 0 Å². The summed E-state index contributed by atoms with van der Waals surface area (Å²) in [5.74, 6) is 0. The van der Waals surface area contributed by atoms with E-state index in [4.69, 9.17) is 5.26 Å². The van der Waals surface area contributed by atoms with E-state index in [0.717, 1.165) is 16.7 Å². The number of aliphatic imine (C=N–C) groups is 1. The minimum atomic E-state index is 0.574. The van der Waals surface area contributed by atoms with Crippen LogP contribution in [-0.2, 0) is 6.54 Å². The van der Waals surface area contributed by atoms with Crippen molar-refractivity contribution in [2.24, 2.45) is 4.99 Å². The molecule has 2 rings (SSSR count). The number of nitriles is 2. The van der Waals surface area contributed by atoms with Crippen molar-refractivity contribution in [2.75, 3.05) is 7.05 Å². The van der Waals surface area contributed by atoms with E-state index in [1.165, 1.54) is 6.20 Å². The van der Waals surface area contributed by atoms with Gasteiger partial charge in [-0.15, -0.1) is 0 Å². The second-order valence-electron chi connectivity index (χ2n) is 5.04. The lowest BCUT2D eigenvalue weighted by Gasteiger charge is -2.15. The highest BCUT2D eigenvalue weighted by Gasteiger charge is 2.07. The molecule has 0 aromatic heterocycles. The average molecular weight is 300 g/mol. The Morgan fingerprint density at radius 1 is 1.09 bits per heavy atom. The third kappa shape index (κ3) is 4.06. The van der Waals surface area contributed by atoms with Gasteiger partial charge >= 0.3 is 0 Å². The van der Waals surface area contributed by atoms with Crippen LogP contribution in [0.1, 0.15) is 16.7 Å². The molecule has 0 heterocycles. The molecule has 0 radical (unpaired) electrons. The van der Waals surface area contributed by atoms with Gasteiger partial charge in [-0.05, 0) is 41.0 Å². The molecule has 0 aliphatic heterocycles. The largest absolute Gasteiger partial charge is 0.361 e. The topological polar surface area (TPSA) is 63.2 Å². The molecule has 0 saturated heterocycles. The summed E-state index contributed by atoms with van der Waals surface area (Å²) >= 11 is 0. The van der Waals surface area contributed by atoms with E-state index in [1.807, 2.05) is 42.3 Å². The van der Waals surface area contributed by atoms with Crippen LogP contribution in [0.4, 0.5) is 0 Å². The third-order valence-corrected chi connectivity index (χ3v) is 3.36. The van der Waals surface area contributed by atoms with Crippen LogP contribution in [0.2, 0.25) is 0 Å². The second-order valence-corrected chi connectivity index (χ2v) is 5.04. The van der Waals surface area contributed by atoms with Gasteiger partial charge in [0.2, 0.25) is 0 Å². The van der Waals surface area contributed by atoms with Crippen molar-refractivity contribution in [3.8, 4) is 23.3 Å². The fraction of sp³-hybridized carbons (Fsp3) is 0.105. The van der Waals surface area contributed by atoms with Crippen molar-refractivity contribution in [1.82, 2.24) is 4.90 Å². The molecule has 0 bridgehead atoms. The van der Waals surface area contributed by atoms with E-state index in [2.05, 4.69) is 23.7 Å². The van der Waals surface area contributed by atoms with Crippen LogP contribution in [0.15, 0.2) is 60.2 Å². The predicted octanol–water partition coefficient (Wildman–Crippen LogP) is 3.70. The first-order chi connectivity index (χ1) is 11.2. The first-order valence-corrected chi connectivity index (χ1v) is 7.06. The van der Waals surface area contributed by atoms with E-state index in [0.29, 0.717) is 17.7 Å². The maximum absolute atomic E-state index is 9.28. The summed E-state index contributed by atoms with van der Waals surface area (Å²) in [5.41, 5.74) is 4.21. The summed E-state index contributed by atoms with van der Waals surface area (Å²) in [4.78, 5) is 5.86. The quantitative estimate of drug-likeness (QED) is 0.624. The summed E-state index contributed by atoms with van der Waals surface area (Å²) in [6.45, 7) is 4.12. The van der Waals surface area contributed by atoms with E-state index in [-0.39, 0.29) is 0 Å². The third-order valence-electron chi connectivity index (χ3n) is 3.36. The molecule has 0 saturated carbocycles. The molecule has 0 aliphatic carbocycles. The lowest BCUT2D eigenvalue weighted by molar-refractivity contribution is 0.515. The van der Waals surface area contributed by atoms with Crippen molar-refractivity contribution in [3.05, 3.63) is 71.9 Å². The van der Waals surface area contributed by atoms with E-state index in [9.17, 15) is 5.26 Å². The zero-order valence-electron chi connectivity index (χ0n) is 12.9. The second kappa shape index (κ2) is 7.59. The predicted molar refractivity (Wildman–Crippen MR) is 91.5 cm³/mol. The molecule has 0 N–H and O–H groups in total. The summed E-state index contributed by atoms with van der Waals surface area (Å²) in [6.07, 6.45) is 3.14. The van der Waals surface area contributed by atoms with Gasteiger partial charge in [0.1, 0.15) is 0 Å². The number of hydrogen-bond donors (Lipinski definition) is 0. The number of hydrogen-bond acceptors (Lipinski definition) is 3. The fourth-order valence-electron chi connectivity index (χ4n) is 2.22. The van der Waals surface area contributed by atoms with Crippen LogP contribution in [0.3, 0.4) is 0 Å². The maximum atomic E-state index is 9.28. The van der Waals surface area contributed by atoms with Crippen LogP contribution in [0.5, 0.6) is 0 Å². The Hall–Kier alpha value is -3.37. The number of rotatable bonds is 5. The molecule has 0 unspecified atom stereocenters. The van der Waals surface area contributed by atoms with Crippen LogP contribution in [0, 0.1) is 22.7 Å². The van der Waals surface area contributed by atoms with Crippen molar-refractivity contribution in [1.29, 1.82) is 10.5 Å². The average Bonchev–Trinajstić information content (AvgIpc) is 2.60. The molecular weight excluding hydrogens is 284 g/mol. The highest BCUT2D eigenvalue weighted by Crippen LogP contribution is 2.23. The molecule has 112 valence electrons. The Kier molecular flexibility index (Phi) is 5.28. The van der Waals surface area contributed by atoms with Crippen LogP contribution in [-0.4, -0.2) is 18.3 Å².